The number of nitrogens with one attached hydrogen (secondary N) is 1. The number of halogens is 2. The normalized spacial score (nSPS) is 16.2. The average molecular weight is 552 g/mol. The van der Waals surface area contributed by atoms with Crippen molar-refractivity contribution >= 4 is 44.9 Å². The van der Waals surface area contributed by atoms with Gasteiger partial charge in [0.05, 0.1) is 36.4 Å². The molecule has 0 bridgehead atoms. The first-order valence-electron chi connectivity index (χ1n) is 10.9. The van der Waals surface area contributed by atoms with Gasteiger partial charge in [-0.3, -0.25) is 4.79 Å². The number of esters is 1. The monoisotopic (exact) mass is 551 g/mol. The number of carbonyl (C=O) groups excluding carboxylic acids is 2. The van der Waals surface area contributed by atoms with Crippen LogP contribution in [0.1, 0.15) is 23.3 Å². The SMILES string of the molecule is COC(=O)C1(NC(=O)c2nn(-c3ccccc3Cl)c(-c3ccc(Cl)cc3)c2OC)CCS(=O)(=O)CC1. The standard InChI is InChI=1S/C24H23Cl2N3O6S/c1-34-21-19(22(30)27-24(23(31)35-2)11-13-36(32,33)14-12-24)28-29(18-6-4-3-5-17(18)26)20(21)15-7-9-16(25)10-8-15/h3-10H,11-14H2,1-2H3,(H,27,30). The second kappa shape index (κ2) is 10.1. The Bertz CT molecular complexity index is 1410. The molecule has 1 aliphatic heterocycles. The summed E-state index contributed by atoms with van der Waals surface area (Å²) in [5.41, 5.74) is -0.0524. The second-order valence-electron chi connectivity index (χ2n) is 8.28. The quantitative estimate of drug-likeness (QED) is 0.464. The summed E-state index contributed by atoms with van der Waals surface area (Å²) in [7, 11) is -0.739. The van der Waals surface area contributed by atoms with Crippen LogP contribution in [0.25, 0.3) is 16.9 Å². The predicted octanol–water partition coefficient (Wildman–Crippen LogP) is 3.70. The van der Waals surface area contributed by atoms with Crippen LogP contribution in [0, 0.1) is 0 Å². The summed E-state index contributed by atoms with van der Waals surface area (Å²) < 4.78 is 36.0. The third-order valence-electron chi connectivity index (χ3n) is 6.07. The number of hydrogen-bond donors (Lipinski definition) is 1. The van der Waals surface area contributed by atoms with Crippen molar-refractivity contribution in [2.24, 2.45) is 0 Å². The van der Waals surface area contributed by atoms with E-state index >= 15 is 0 Å². The molecule has 0 atom stereocenters. The van der Waals surface area contributed by atoms with Crippen LogP contribution in [0.4, 0.5) is 0 Å². The smallest absolute Gasteiger partial charge is 0.331 e. The molecular weight excluding hydrogens is 529 g/mol. The van der Waals surface area contributed by atoms with Gasteiger partial charge in [-0.1, -0.05) is 47.5 Å². The van der Waals surface area contributed by atoms with Crippen molar-refractivity contribution in [3.63, 3.8) is 0 Å². The summed E-state index contributed by atoms with van der Waals surface area (Å²) in [5, 5.41) is 8.11. The maximum atomic E-state index is 13.6. The van der Waals surface area contributed by atoms with Gasteiger partial charge < -0.3 is 14.8 Å². The van der Waals surface area contributed by atoms with E-state index in [9.17, 15) is 18.0 Å². The summed E-state index contributed by atoms with van der Waals surface area (Å²) >= 11 is 12.5. The van der Waals surface area contributed by atoms with Gasteiger partial charge in [-0.2, -0.15) is 5.10 Å². The third-order valence-corrected chi connectivity index (χ3v) is 8.29. The molecule has 0 radical (unpaired) electrons. The predicted molar refractivity (Wildman–Crippen MR) is 136 cm³/mol. The number of ether oxygens (including phenoxy) is 2. The highest BCUT2D eigenvalue weighted by molar-refractivity contribution is 7.91. The summed E-state index contributed by atoms with van der Waals surface area (Å²) in [6.45, 7) is 0. The van der Waals surface area contributed by atoms with Crippen LogP contribution in [0.3, 0.4) is 0 Å². The molecule has 190 valence electrons. The van der Waals surface area contributed by atoms with Crippen molar-refractivity contribution in [3.05, 3.63) is 64.3 Å². The Balaban J connectivity index is 1.84. The van der Waals surface area contributed by atoms with Crippen molar-refractivity contribution in [1.29, 1.82) is 0 Å². The number of carbonyl (C=O) groups is 2. The minimum atomic E-state index is -3.32. The van der Waals surface area contributed by atoms with E-state index < -0.39 is 27.3 Å². The van der Waals surface area contributed by atoms with Crippen LogP contribution in [0.5, 0.6) is 5.75 Å². The maximum absolute atomic E-state index is 13.6. The Labute approximate surface area is 218 Å². The van der Waals surface area contributed by atoms with Crippen molar-refractivity contribution in [2.75, 3.05) is 25.7 Å². The molecule has 4 rings (SSSR count). The summed E-state index contributed by atoms with van der Waals surface area (Å²) in [6.07, 6.45) is -0.239. The number of para-hydroxylation sites is 1. The van der Waals surface area contributed by atoms with E-state index in [-0.39, 0.29) is 35.8 Å². The van der Waals surface area contributed by atoms with Gasteiger partial charge in [-0.25, -0.2) is 17.9 Å². The topological polar surface area (TPSA) is 117 Å². The van der Waals surface area contributed by atoms with Gasteiger partial charge in [-0.15, -0.1) is 0 Å². The van der Waals surface area contributed by atoms with Gasteiger partial charge in [0.2, 0.25) is 0 Å². The van der Waals surface area contributed by atoms with Gasteiger partial charge >= 0.3 is 5.97 Å². The molecule has 1 amide bonds. The fourth-order valence-corrected chi connectivity index (χ4v) is 6.01. The van der Waals surface area contributed by atoms with Gasteiger partial charge in [0, 0.05) is 10.6 Å². The number of methoxy groups -OCH3 is 2. The van der Waals surface area contributed by atoms with Gasteiger partial charge in [0.15, 0.2) is 21.3 Å². The van der Waals surface area contributed by atoms with Crippen molar-refractivity contribution in [3.8, 4) is 22.7 Å². The molecule has 9 nitrogen and oxygen atoms in total. The molecule has 1 aromatic heterocycles. The fraction of sp³-hybridized carbons (Fsp3) is 0.292. The molecule has 1 aliphatic rings. The van der Waals surface area contributed by atoms with E-state index in [1.807, 2.05) is 0 Å². The highest BCUT2D eigenvalue weighted by Gasteiger charge is 2.46. The largest absolute Gasteiger partial charge is 0.492 e. The van der Waals surface area contributed by atoms with Crippen molar-refractivity contribution < 1.29 is 27.5 Å². The Morgan fingerprint density at radius 1 is 1.03 bits per heavy atom. The highest BCUT2D eigenvalue weighted by Crippen LogP contribution is 2.38. The number of aromatic nitrogens is 2. The lowest BCUT2D eigenvalue weighted by molar-refractivity contribution is -0.148. The molecular formula is C24H23Cl2N3O6S. The fourth-order valence-electron chi connectivity index (χ4n) is 4.14. The molecule has 0 spiro atoms. The molecule has 3 aromatic rings. The Morgan fingerprint density at radius 2 is 1.67 bits per heavy atom. The number of rotatable bonds is 6. The molecule has 1 fully saturated rings. The van der Waals surface area contributed by atoms with Crippen molar-refractivity contribution in [2.45, 2.75) is 18.4 Å². The van der Waals surface area contributed by atoms with Gasteiger partial charge in [0.1, 0.15) is 11.2 Å². The van der Waals surface area contributed by atoms with Crippen LogP contribution in [-0.2, 0) is 19.4 Å². The van der Waals surface area contributed by atoms with E-state index in [1.54, 1.807) is 48.5 Å². The number of nitrogens with zero attached hydrogens (tertiary/aromatic N) is 2. The molecule has 1 N–H and O–H groups in total. The van der Waals surface area contributed by atoms with Gasteiger partial charge in [0.25, 0.3) is 5.91 Å². The summed E-state index contributed by atoms with van der Waals surface area (Å²) in [4.78, 5) is 26.3. The minimum Gasteiger partial charge on any atom is -0.492 e. The molecule has 0 aliphatic carbocycles. The van der Waals surface area contributed by atoms with E-state index in [4.69, 9.17) is 32.7 Å². The molecule has 36 heavy (non-hydrogen) atoms. The van der Waals surface area contributed by atoms with Gasteiger partial charge in [-0.05, 0) is 37.1 Å². The van der Waals surface area contributed by atoms with Crippen LogP contribution in [0.2, 0.25) is 10.0 Å². The zero-order chi connectivity index (χ0) is 26.1. The number of amides is 1. The van der Waals surface area contributed by atoms with Crippen LogP contribution < -0.4 is 10.1 Å². The van der Waals surface area contributed by atoms with E-state index in [0.717, 1.165) is 0 Å². The van der Waals surface area contributed by atoms with E-state index in [1.165, 1.54) is 18.9 Å². The van der Waals surface area contributed by atoms with E-state index in [2.05, 4.69) is 10.4 Å². The van der Waals surface area contributed by atoms with Crippen LogP contribution >= 0.6 is 23.2 Å². The van der Waals surface area contributed by atoms with Crippen LogP contribution in [-0.4, -0.2) is 61.3 Å². The Morgan fingerprint density at radius 3 is 2.25 bits per heavy atom. The zero-order valence-electron chi connectivity index (χ0n) is 19.5. The molecule has 0 saturated carbocycles. The lowest BCUT2D eigenvalue weighted by atomic mass is 9.92. The lowest BCUT2D eigenvalue weighted by Gasteiger charge is -2.34. The number of hydrogen-bond acceptors (Lipinski definition) is 7. The number of benzene rings is 2. The Kier molecular flexibility index (Phi) is 7.31. The highest BCUT2D eigenvalue weighted by atomic mass is 35.5. The second-order valence-corrected chi connectivity index (χ2v) is 11.4. The molecule has 2 heterocycles. The molecule has 2 aromatic carbocycles. The minimum absolute atomic E-state index is 0.112. The average Bonchev–Trinajstić information content (AvgIpc) is 3.25. The molecule has 12 heteroatoms. The van der Waals surface area contributed by atoms with E-state index in [0.29, 0.717) is 27.0 Å². The van der Waals surface area contributed by atoms with Crippen molar-refractivity contribution in [1.82, 2.24) is 15.1 Å². The molecule has 0 unspecified atom stereocenters. The summed E-state index contributed by atoms with van der Waals surface area (Å²) in [6, 6.07) is 13.8. The summed E-state index contributed by atoms with van der Waals surface area (Å²) in [5.74, 6) is -1.84. The zero-order valence-corrected chi connectivity index (χ0v) is 21.8. The Hall–Kier alpha value is -3.08. The molecule has 1 saturated heterocycles. The first-order chi connectivity index (χ1) is 17.1. The number of sulfone groups is 1. The third kappa shape index (κ3) is 4.93. The maximum Gasteiger partial charge on any atom is 0.331 e. The first-order valence-corrected chi connectivity index (χ1v) is 13.5. The van der Waals surface area contributed by atoms with Crippen LogP contribution in [0.15, 0.2) is 48.5 Å². The first kappa shape index (κ1) is 26.0. The lowest BCUT2D eigenvalue weighted by Crippen LogP contribution is -2.59.